The Hall–Kier alpha value is -3.04. The van der Waals surface area contributed by atoms with E-state index in [1.807, 2.05) is 48.5 Å². The van der Waals surface area contributed by atoms with Gasteiger partial charge in [0.1, 0.15) is 24.7 Å². The van der Waals surface area contributed by atoms with Crippen molar-refractivity contribution in [3.63, 3.8) is 0 Å². The number of hydrogen-bond donors (Lipinski definition) is 0. The van der Waals surface area contributed by atoms with Crippen LogP contribution < -0.4 is 9.47 Å². The van der Waals surface area contributed by atoms with Gasteiger partial charge in [0.25, 0.3) is 0 Å². The fourth-order valence-corrected chi connectivity index (χ4v) is 3.70. The van der Waals surface area contributed by atoms with Crippen molar-refractivity contribution in [2.45, 2.75) is 0 Å². The summed E-state index contributed by atoms with van der Waals surface area (Å²) in [5.74, 6) is 1.82. The largest absolute Gasteiger partial charge is 0.492 e. The molecule has 0 aromatic heterocycles. The second kappa shape index (κ2) is 7.17. The summed E-state index contributed by atoms with van der Waals surface area (Å²) in [6.07, 6.45) is 0. The van der Waals surface area contributed by atoms with E-state index < -0.39 is 0 Å². The van der Waals surface area contributed by atoms with Crippen LogP contribution in [0.5, 0.6) is 11.5 Å². The zero-order valence-electron chi connectivity index (χ0n) is 15.6. The maximum Gasteiger partial charge on any atom is 0.127 e. The van der Waals surface area contributed by atoms with Crippen LogP contribution in [0.15, 0.2) is 84.9 Å². The molecule has 4 aromatic carbocycles. The zero-order chi connectivity index (χ0) is 18.8. The van der Waals surface area contributed by atoms with Gasteiger partial charge in [0.2, 0.25) is 0 Å². The molecule has 0 amide bonds. The van der Waals surface area contributed by atoms with Gasteiger partial charge in [0.15, 0.2) is 0 Å². The van der Waals surface area contributed by atoms with Crippen molar-refractivity contribution in [3.8, 4) is 11.5 Å². The summed E-state index contributed by atoms with van der Waals surface area (Å²) in [6.45, 7) is 2.46. The fraction of sp³-hybridized carbons (Fsp3) is 0.200. The van der Waals surface area contributed by atoms with Gasteiger partial charge in [-0.2, -0.15) is 0 Å². The van der Waals surface area contributed by atoms with Crippen LogP contribution in [0.3, 0.4) is 0 Å². The molecular formula is C25H22O3. The third kappa shape index (κ3) is 3.19. The molecule has 0 bridgehead atoms. The summed E-state index contributed by atoms with van der Waals surface area (Å²) in [5, 5.41) is 4.64. The van der Waals surface area contributed by atoms with E-state index in [1.165, 1.54) is 10.8 Å². The summed E-state index contributed by atoms with van der Waals surface area (Å²) >= 11 is 0. The van der Waals surface area contributed by atoms with Crippen molar-refractivity contribution in [1.82, 2.24) is 0 Å². The van der Waals surface area contributed by atoms with Gasteiger partial charge in [-0.05, 0) is 22.9 Å². The molecule has 0 saturated carbocycles. The molecule has 0 atom stereocenters. The standard InChI is InChI=1S/C25H22O3/c1-3-11-21-19(7-1)9-5-13-23(21)27-17-25(15-26-16-25)18-28-24-14-6-10-20-8-2-4-12-22(20)24/h1-14H,15-18H2. The lowest BCUT2D eigenvalue weighted by Crippen LogP contribution is -2.51. The molecular weight excluding hydrogens is 348 g/mol. The number of hydrogen-bond acceptors (Lipinski definition) is 3. The summed E-state index contributed by atoms with van der Waals surface area (Å²) < 4.78 is 18.0. The minimum absolute atomic E-state index is 0.117. The quantitative estimate of drug-likeness (QED) is 0.451. The van der Waals surface area contributed by atoms with Gasteiger partial charge in [-0.25, -0.2) is 0 Å². The second-order valence-corrected chi connectivity index (χ2v) is 7.52. The van der Waals surface area contributed by atoms with Crippen molar-refractivity contribution in [3.05, 3.63) is 84.9 Å². The molecule has 140 valence electrons. The minimum Gasteiger partial charge on any atom is -0.492 e. The van der Waals surface area contributed by atoms with Crippen LogP contribution in [-0.2, 0) is 4.74 Å². The van der Waals surface area contributed by atoms with E-state index in [1.54, 1.807) is 0 Å². The lowest BCUT2D eigenvalue weighted by molar-refractivity contribution is -0.148. The lowest BCUT2D eigenvalue weighted by atomic mass is 9.88. The molecule has 1 aliphatic rings. The lowest BCUT2D eigenvalue weighted by Gasteiger charge is -2.40. The molecule has 1 heterocycles. The Bertz CT molecular complexity index is 1020. The molecule has 1 fully saturated rings. The number of rotatable bonds is 6. The molecule has 1 aliphatic heterocycles. The van der Waals surface area contributed by atoms with Gasteiger partial charge >= 0.3 is 0 Å². The Kier molecular flexibility index (Phi) is 4.38. The van der Waals surface area contributed by atoms with E-state index in [-0.39, 0.29) is 5.41 Å². The van der Waals surface area contributed by atoms with Gasteiger partial charge in [0.05, 0.1) is 18.6 Å². The van der Waals surface area contributed by atoms with Crippen molar-refractivity contribution in [2.24, 2.45) is 5.41 Å². The first-order chi connectivity index (χ1) is 13.8. The molecule has 28 heavy (non-hydrogen) atoms. The molecule has 0 N–H and O–H groups in total. The van der Waals surface area contributed by atoms with Crippen LogP contribution >= 0.6 is 0 Å². The molecule has 0 spiro atoms. The smallest absolute Gasteiger partial charge is 0.127 e. The fourth-order valence-electron chi connectivity index (χ4n) is 3.70. The van der Waals surface area contributed by atoms with Crippen molar-refractivity contribution in [1.29, 1.82) is 0 Å². The number of benzene rings is 4. The van der Waals surface area contributed by atoms with Crippen LogP contribution in [0.2, 0.25) is 0 Å². The molecule has 0 radical (unpaired) electrons. The summed E-state index contributed by atoms with van der Waals surface area (Å²) in [6, 6.07) is 28.9. The Balaban J connectivity index is 1.32. The van der Waals surface area contributed by atoms with Crippen molar-refractivity contribution in [2.75, 3.05) is 26.4 Å². The summed E-state index contributed by atoms with van der Waals surface area (Å²) in [7, 11) is 0. The minimum atomic E-state index is -0.117. The molecule has 0 unspecified atom stereocenters. The van der Waals surface area contributed by atoms with Crippen LogP contribution in [-0.4, -0.2) is 26.4 Å². The highest BCUT2D eigenvalue weighted by molar-refractivity contribution is 5.88. The van der Waals surface area contributed by atoms with Crippen molar-refractivity contribution >= 4 is 21.5 Å². The first kappa shape index (κ1) is 17.1. The Morgan fingerprint density at radius 3 is 1.54 bits per heavy atom. The van der Waals surface area contributed by atoms with E-state index in [0.29, 0.717) is 26.4 Å². The zero-order valence-corrected chi connectivity index (χ0v) is 15.6. The Morgan fingerprint density at radius 1 is 0.607 bits per heavy atom. The highest BCUT2D eigenvalue weighted by Gasteiger charge is 2.41. The average Bonchev–Trinajstić information content (AvgIpc) is 2.73. The second-order valence-electron chi connectivity index (χ2n) is 7.52. The predicted molar refractivity (Wildman–Crippen MR) is 112 cm³/mol. The number of fused-ring (bicyclic) bond motifs is 2. The Labute approximate surface area is 164 Å². The topological polar surface area (TPSA) is 27.7 Å². The molecule has 3 nitrogen and oxygen atoms in total. The van der Waals surface area contributed by atoms with E-state index in [2.05, 4.69) is 36.4 Å². The van der Waals surface area contributed by atoms with E-state index in [4.69, 9.17) is 14.2 Å². The van der Waals surface area contributed by atoms with Crippen LogP contribution in [0.25, 0.3) is 21.5 Å². The van der Waals surface area contributed by atoms with Gasteiger partial charge < -0.3 is 14.2 Å². The van der Waals surface area contributed by atoms with Crippen molar-refractivity contribution < 1.29 is 14.2 Å². The van der Waals surface area contributed by atoms with Crippen LogP contribution in [0, 0.1) is 5.41 Å². The van der Waals surface area contributed by atoms with Gasteiger partial charge in [0, 0.05) is 10.8 Å². The Morgan fingerprint density at radius 2 is 1.07 bits per heavy atom. The van der Waals surface area contributed by atoms with Gasteiger partial charge in [-0.3, -0.25) is 0 Å². The molecule has 4 aromatic rings. The first-order valence-electron chi connectivity index (χ1n) is 9.62. The molecule has 3 heteroatoms. The van der Waals surface area contributed by atoms with Gasteiger partial charge in [-0.1, -0.05) is 72.8 Å². The molecule has 0 aliphatic carbocycles. The normalized spacial score (nSPS) is 15.3. The maximum absolute atomic E-state index is 6.24. The highest BCUT2D eigenvalue weighted by Crippen LogP contribution is 2.33. The summed E-state index contributed by atoms with van der Waals surface area (Å²) in [4.78, 5) is 0. The maximum atomic E-state index is 6.24. The predicted octanol–water partition coefficient (Wildman–Crippen LogP) is 5.47. The van der Waals surface area contributed by atoms with Gasteiger partial charge in [-0.15, -0.1) is 0 Å². The highest BCUT2D eigenvalue weighted by atomic mass is 16.5. The molecule has 5 rings (SSSR count). The van der Waals surface area contributed by atoms with E-state index in [9.17, 15) is 0 Å². The molecule has 1 saturated heterocycles. The first-order valence-corrected chi connectivity index (χ1v) is 9.62. The van der Waals surface area contributed by atoms with Crippen LogP contribution in [0.1, 0.15) is 0 Å². The summed E-state index contributed by atoms with van der Waals surface area (Å²) in [5.41, 5.74) is -0.117. The van der Waals surface area contributed by atoms with Crippen LogP contribution in [0.4, 0.5) is 0 Å². The SMILES string of the molecule is c1ccc2c(OCC3(COc4cccc5ccccc45)COC3)cccc2c1. The monoisotopic (exact) mass is 370 g/mol. The third-order valence-corrected chi connectivity index (χ3v) is 5.38. The van der Waals surface area contributed by atoms with E-state index >= 15 is 0 Å². The number of ether oxygens (including phenoxy) is 3. The third-order valence-electron chi connectivity index (χ3n) is 5.38. The average molecular weight is 370 g/mol. The van der Waals surface area contributed by atoms with E-state index in [0.717, 1.165) is 22.3 Å².